The summed E-state index contributed by atoms with van der Waals surface area (Å²) in [4.78, 5) is 15.6. The Balaban J connectivity index is 1.32. The van der Waals surface area contributed by atoms with Gasteiger partial charge in [-0.3, -0.25) is 4.90 Å². The molecule has 0 N–H and O–H groups in total. The molecule has 0 radical (unpaired) electrons. The van der Waals surface area contributed by atoms with Gasteiger partial charge in [0, 0.05) is 75.4 Å². The monoisotopic (exact) mass is 512 g/mol. The highest BCUT2D eigenvalue weighted by Crippen LogP contribution is 2.41. The molecular weight excluding hydrogens is 472 g/mol. The lowest BCUT2D eigenvalue weighted by atomic mass is 10.1. The molecule has 0 amide bonds. The Morgan fingerprint density at radius 3 is 2.61 bits per heavy atom. The number of hydrogen-bond donors (Lipinski definition) is 0. The standard InChI is InChI=1S/C31H40N6O/c1-33-11-4-13-35(18-17-33)24-9-10-25-27(23-24)32-29-26-7-2-3-8-28(26)37-16-6-15-36(30(25)31(29)37)14-5-12-34-19-21-38-22-20-34/h2-3,7-10,23H,4-6,11-22H2,1H3. The molecule has 5 heterocycles. The van der Waals surface area contributed by atoms with Crippen molar-refractivity contribution >= 4 is 44.2 Å². The highest BCUT2D eigenvalue weighted by atomic mass is 16.5. The van der Waals surface area contributed by atoms with E-state index in [9.17, 15) is 0 Å². The smallest absolute Gasteiger partial charge is 0.0988 e. The molecule has 0 atom stereocenters. The molecule has 2 aromatic carbocycles. The van der Waals surface area contributed by atoms with Gasteiger partial charge in [-0.25, -0.2) is 4.98 Å². The molecule has 2 fully saturated rings. The molecule has 0 aliphatic carbocycles. The van der Waals surface area contributed by atoms with Gasteiger partial charge in [0.15, 0.2) is 0 Å². The van der Waals surface area contributed by atoms with Crippen LogP contribution in [0.2, 0.25) is 0 Å². The number of ether oxygens (including phenoxy) is 1. The molecule has 38 heavy (non-hydrogen) atoms. The fraction of sp³-hybridized carbons (Fsp3) is 0.516. The molecule has 0 spiro atoms. The summed E-state index contributed by atoms with van der Waals surface area (Å²) in [6.45, 7) is 12.7. The minimum Gasteiger partial charge on any atom is -0.379 e. The first-order valence-corrected chi connectivity index (χ1v) is 14.6. The summed E-state index contributed by atoms with van der Waals surface area (Å²) in [7, 11) is 2.24. The number of likely N-dealkylation sites (N-methyl/N-ethyl adjacent to an activating group) is 1. The van der Waals surface area contributed by atoms with Gasteiger partial charge in [0.2, 0.25) is 0 Å². The van der Waals surface area contributed by atoms with Crippen molar-refractivity contribution in [1.29, 1.82) is 0 Å². The molecule has 0 bridgehead atoms. The predicted molar refractivity (Wildman–Crippen MR) is 158 cm³/mol. The Morgan fingerprint density at radius 1 is 0.816 bits per heavy atom. The minimum absolute atomic E-state index is 0.870. The fourth-order valence-corrected chi connectivity index (χ4v) is 6.82. The van der Waals surface area contributed by atoms with E-state index in [1.165, 1.54) is 52.6 Å². The van der Waals surface area contributed by atoms with Crippen LogP contribution in [0.5, 0.6) is 0 Å². The molecule has 3 aliphatic rings. The van der Waals surface area contributed by atoms with Crippen molar-refractivity contribution in [3.8, 4) is 0 Å². The molecular formula is C31H40N6O. The van der Waals surface area contributed by atoms with E-state index in [1.54, 1.807) is 0 Å². The van der Waals surface area contributed by atoms with Crippen molar-refractivity contribution in [1.82, 2.24) is 19.4 Å². The summed E-state index contributed by atoms with van der Waals surface area (Å²) in [5, 5.41) is 2.58. The number of hydrogen-bond acceptors (Lipinski definition) is 6. The quantitative estimate of drug-likeness (QED) is 0.394. The SMILES string of the molecule is CN1CCCN(c2ccc3c4c5c(nc3c2)c2ccccc2n5CCCN4CCCN2CCOCC2)CC1. The molecule has 3 aliphatic heterocycles. The first-order valence-electron chi connectivity index (χ1n) is 14.6. The summed E-state index contributed by atoms with van der Waals surface area (Å²) in [5.41, 5.74) is 7.64. The van der Waals surface area contributed by atoms with Crippen LogP contribution in [0.3, 0.4) is 0 Å². The van der Waals surface area contributed by atoms with Gasteiger partial charge in [-0.1, -0.05) is 18.2 Å². The highest BCUT2D eigenvalue weighted by Gasteiger charge is 2.25. The van der Waals surface area contributed by atoms with Crippen LogP contribution in [0.15, 0.2) is 42.5 Å². The predicted octanol–water partition coefficient (Wildman–Crippen LogP) is 4.42. The number of morpholine rings is 1. The Morgan fingerprint density at radius 2 is 1.68 bits per heavy atom. The average molecular weight is 513 g/mol. The summed E-state index contributed by atoms with van der Waals surface area (Å²) in [6.07, 6.45) is 3.53. The molecule has 2 aromatic heterocycles. The highest BCUT2D eigenvalue weighted by molar-refractivity contribution is 6.17. The van der Waals surface area contributed by atoms with E-state index in [-0.39, 0.29) is 0 Å². The van der Waals surface area contributed by atoms with Gasteiger partial charge in [-0.2, -0.15) is 0 Å². The van der Waals surface area contributed by atoms with E-state index in [0.29, 0.717) is 0 Å². The lowest BCUT2D eigenvalue weighted by Crippen LogP contribution is -2.38. The Labute approximate surface area is 225 Å². The molecule has 200 valence electrons. The van der Waals surface area contributed by atoms with Crippen molar-refractivity contribution < 1.29 is 4.74 Å². The van der Waals surface area contributed by atoms with E-state index < -0.39 is 0 Å². The van der Waals surface area contributed by atoms with Crippen LogP contribution in [-0.2, 0) is 11.3 Å². The van der Waals surface area contributed by atoms with E-state index in [1.807, 2.05) is 0 Å². The molecule has 7 nitrogen and oxygen atoms in total. The van der Waals surface area contributed by atoms with Gasteiger partial charge >= 0.3 is 0 Å². The first-order chi connectivity index (χ1) is 18.8. The average Bonchev–Trinajstić information content (AvgIpc) is 3.09. The molecule has 0 saturated carbocycles. The summed E-state index contributed by atoms with van der Waals surface area (Å²) < 4.78 is 8.11. The molecule has 7 heteroatoms. The second-order valence-electron chi connectivity index (χ2n) is 11.3. The Kier molecular flexibility index (Phi) is 6.60. The third kappa shape index (κ3) is 4.40. The maximum atomic E-state index is 5.57. The van der Waals surface area contributed by atoms with Gasteiger partial charge in [0.1, 0.15) is 0 Å². The van der Waals surface area contributed by atoms with E-state index >= 15 is 0 Å². The topological polar surface area (TPSA) is 40.0 Å². The number of benzene rings is 2. The van der Waals surface area contributed by atoms with Crippen molar-refractivity contribution in [2.75, 3.05) is 89.0 Å². The van der Waals surface area contributed by atoms with Crippen molar-refractivity contribution in [3.05, 3.63) is 42.5 Å². The second kappa shape index (κ2) is 10.4. The minimum atomic E-state index is 0.870. The summed E-state index contributed by atoms with van der Waals surface area (Å²) in [5.74, 6) is 0. The maximum Gasteiger partial charge on any atom is 0.0988 e. The van der Waals surface area contributed by atoms with Crippen molar-refractivity contribution in [2.45, 2.75) is 25.8 Å². The first kappa shape index (κ1) is 24.2. The number of anilines is 2. The van der Waals surface area contributed by atoms with Crippen LogP contribution in [-0.4, -0.2) is 98.5 Å². The van der Waals surface area contributed by atoms with Crippen molar-refractivity contribution in [3.63, 3.8) is 0 Å². The number of pyridine rings is 1. The largest absolute Gasteiger partial charge is 0.379 e. The zero-order valence-electron chi connectivity index (χ0n) is 22.7. The lowest BCUT2D eigenvalue weighted by Gasteiger charge is -2.29. The normalized spacial score (nSPS) is 19.9. The fourth-order valence-electron chi connectivity index (χ4n) is 6.82. The number of para-hydroxylation sites is 1. The van der Waals surface area contributed by atoms with Crippen LogP contribution in [0.1, 0.15) is 19.3 Å². The summed E-state index contributed by atoms with van der Waals surface area (Å²) in [6, 6.07) is 15.9. The number of rotatable bonds is 5. The van der Waals surface area contributed by atoms with E-state index in [0.717, 1.165) is 89.6 Å². The molecule has 2 saturated heterocycles. The van der Waals surface area contributed by atoms with Crippen LogP contribution < -0.4 is 9.80 Å². The van der Waals surface area contributed by atoms with Gasteiger partial charge in [0.25, 0.3) is 0 Å². The zero-order chi connectivity index (χ0) is 25.5. The number of fused-ring (bicyclic) bond motifs is 5. The van der Waals surface area contributed by atoms with E-state index in [4.69, 9.17) is 9.72 Å². The second-order valence-corrected chi connectivity index (χ2v) is 11.3. The lowest BCUT2D eigenvalue weighted by molar-refractivity contribution is 0.0376. The van der Waals surface area contributed by atoms with Gasteiger partial charge < -0.3 is 24.0 Å². The molecule has 4 aromatic rings. The maximum absolute atomic E-state index is 5.57. The van der Waals surface area contributed by atoms with Crippen LogP contribution >= 0.6 is 0 Å². The number of aryl methyl sites for hydroxylation is 1. The van der Waals surface area contributed by atoms with Crippen LogP contribution in [0, 0.1) is 0 Å². The zero-order valence-corrected chi connectivity index (χ0v) is 22.7. The molecule has 0 unspecified atom stereocenters. The number of nitrogens with zero attached hydrogens (tertiary/aromatic N) is 6. The van der Waals surface area contributed by atoms with Crippen LogP contribution in [0.4, 0.5) is 11.4 Å². The van der Waals surface area contributed by atoms with Gasteiger partial charge in [0.05, 0.1) is 41.0 Å². The van der Waals surface area contributed by atoms with Crippen molar-refractivity contribution in [2.24, 2.45) is 0 Å². The van der Waals surface area contributed by atoms with Gasteiger partial charge in [-0.15, -0.1) is 0 Å². The van der Waals surface area contributed by atoms with Gasteiger partial charge in [-0.05, 0) is 57.1 Å². The number of aromatic nitrogens is 2. The van der Waals surface area contributed by atoms with E-state index in [2.05, 4.69) is 73.7 Å². The third-order valence-electron chi connectivity index (χ3n) is 8.85. The third-order valence-corrected chi connectivity index (χ3v) is 8.85. The Bertz CT molecular complexity index is 1440. The molecule has 7 rings (SSSR count). The Hall–Kier alpha value is -2.87. The van der Waals surface area contributed by atoms with Crippen LogP contribution in [0.25, 0.3) is 32.8 Å². The summed E-state index contributed by atoms with van der Waals surface area (Å²) >= 11 is 0.